The first-order valence-electron chi connectivity index (χ1n) is 6.45. The fourth-order valence-electron chi connectivity index (χ4n) is 1.96. The topological polar surface area (TPSA) is 58.6 Å². The molecule has 1 aliphatic heterocycles. The van der Waals surface area contributed by atoms with Crippen LogP contribution < -0.4 is 4.72 Å². The van der Waals surface area contributed by atoms with Crippen LogP contribution in [0.15, 0.2) is 29.2 Å². The molecule has 1 aromatic carbocycles. The molecular formula is C13H19N2O3S. The van der Waals surface area contributed by atoms with E-state index in [1.165, 1.54) is 0 Å². The van der Waals surface area contributed by atoms with Crippen LogP contribution in [-0.2, 0) is 14.8 Å². The van der Waals surface area contributed by atoms with E-state index in [2.05, 4.69) is 15.7 Å². The number of hydrogen-bond donors (Lipinski definition) is 1. The molecule has 0 aliphatic carbocycles. The van der Waals surface area contributed by atoms with Crippen LogP contribution in [0.5, 0.6) is 0 Å². The van der Waals surface area contributed by atoms with E-state index in [-0.39, 0.29) is 4.90 Å². The number of sulfonamides is 1. The molecule has 1 radical (unpaired) electrons. The lowest BCUT2D eigenvalue weighted by molar-refractivity contribution is 0.0376. The maximum atomic E-state index is 11.9. The number of rotatable bonds is 6. The maximum Gasteiger partial charge on any atom is 0.241 e. The Morgan fingerprint density at radius 2 is 2.11 bits per heavy atom. The zero-order chi connectivity index (χ0) is 13.6. The molecule has 0 saturated carbocycles. The lowest BCUT2D eigenvalue weighted by atomic mass is 10.3. The average Bonchev–Trinajstić information content (AvgIpc) is 2.46. The van der Waals surface area contributed by atoms with E-state index in [4.69, 9.17) is 4.74 Å². The summed E-state index contributed by atoms with van der Waals surface area (Å²) in [7, 11) is -3.41. The van der Waals surface area contributed by atoms with Gasteiger partial charge in [0.25, 0.3) is 0 Å². The van der Waals surface area contributed by atoms with Crippen LogP contribution >= 0.6 is 0 Å². The number of morpholine rings is 1. The van der Waals surface area contributed by atoms with Gasteiger partial charge in [-0.3, -0.25) is 4.90 Å². The molecule has 1 fully saturated rings. The van der Waals surface area contributed by atoms with Gasteiger partial charge in [-0.2, -0.15) is 0 Å². The Morgan fingerprint density at radius 1 is 1.32 bits per heavy atom. The minimum absolute atomic E-state index is 0.196. The molecule has 1 aliphatic rings. The smallest absolute Gasteiger partial charge is 0.241 e. The van der Waals surface area contributed by atoms with Gasteiger partial charge in [0, 0.05) is 25.7 Å². The Labute approximate surface area is 114 Å². The second-order valence-corrected chi connectivity index (χ2v) is 6.17. The third-order valence-corrected chi connectivity index (χ3v) is 4.43. The van der Waals surface area contributed by atoms with Gasteiger partial charge in [-0.1, -0.05) is 18.2 Å². The molecule has 0 bridgehead atoms. The van der Waals surface area contributed by atoms with Crippen LogP contribution in [0, 0.1) is 6.07 Å². The fraction of sp³-hybridized carbons (Fsp3) is 0.538. The van der Waals surface area contributed by atoms with Gasteiger partial charge < -0.3 is 4.74 Å². The van der Waals surface area contributed by atoms with Crippen molar-refractivity contribution in [1.29, 1.82) is 0 Å². The Hall–Kier alpha value is -0.950. The van der Waals surface area contributed by atoms with Gasteiger partial charge in [-0.25, -0.2) is 13.1 Å². The zero-order valence-electron chi connectivity index (χ0n) is 10.8. The van der Waals surface area contributed by atoms with Gasteiger partial charge in [-0.15, -0.1) is 0 Å². The minimum Gasteiger partial charge on any atom is -0.379 e. The normalized spacial score (nSPS) is 17.5. The van der Waals surface area contributed by atoms with E-state index in [1.54, 1.807) is 24.3 Å². The molecule has 0 spiro atoms. The van der Waals surface area contributed by atoms with E-state index in [1.807, 2.05) is 0 Å². The van der Waals surface area contributed by atoms with Gasteiger partial charge in [0.05, 0.1) is 18.1 Å². The lowest BCUT2D eigenvalue weighted by Crippen LogP contribution is -2.38. The van der Waals surface area contributed by atoms with Crippen molar-refractivity contribution < 1.29 is 13.2 Å². The van der Waals surface area contributed by atoms with Crippen LogP contribution in [0.2, 0.25) is 0 Å². The van der Waals surface area contributed by atoms with Crippen molar-refractivity contribution in [1.82, 2.24) is 9.62 Å². The highest BCUT2D eigenvalue weighted by Gasteiger charge is 2.13. The monoisotopic (exact) mass is 283 g/mol. The standard InChI is InChI=1S/C13H19N2O3S/c16-19(17,13-5-2-1-3-6-13)14-7-4-8-15-9-11-18-12-10-15/h1-3,5,14H,4,7-12H2. The summed E-state index contributed by atoms with van der Waals surface area (Å²) >= 11 is 0. The van der Waals surface area contributed by atoms with Crippen LogP contribution in [0.1, 0.15) is 6.42 Å². The van der Waals surface area contributed by atoms with Crippen molar-refractivity contribution >= 4 is 10.0 Å². The van der Waals surface area contributed by atoms with Gasteiger partial charge in [0.2, 0.25) is 10.0 Å². The molecule has 1 aromatic rings. The van der Waals surface area contributed by atoms with E-state index in [9.17, 15) is 8.42 Å². The van der Waals surface area contributed by atoms with Crippen molar-refractivity contribution in [2.45, 2.75) is 11.3 Å². The highest BCUT2D eigenvalue weighted by atomic mass is 32.2. The van der Waals surface area contributed by atoms with Crippen LogP contribution in [-0.4, -0.2) is 52.7 Å². The third-order valence-electron chi connectivity index (χ3n) is 3.02. The fourth-order valence-corrected chi connectivity index (χ4v) is 3.01. The highest BCUT2D eigenvalue weighted by Crippen LogP contribution is 2.06. The first-order valence-corrected chi connectivity index (χ1v) is 7.93. The van der Waals surface area contributed by atoms with Crippen molar-refractivity contribution in [2.75, 3.05) is 39.4 Å². The predicted octanol–water partition coefficient (Wildman–Crippen LogP) is 0.487. The van der Waals surface area contributed by atoms with Gasteiger partial charge >= 0.3 is 0 Å². The summed E-state index contributed by atoms with van der Waals surface area (Å²) < 4.78 is 31.7. The highest BCUT2D eigenvalue weighted by molar-refractivity contribution is 7.89. The van der Waals surface area contributed by atoms with Crippen LogP contribution in [0.4, 0.5) is 0 Å². The largest absolute Gasteiger partial charge is 0.379 e. The molecule has 0 atom stereocenters. The molecule has 105 valence electrons. The van der Waals surface area contributed by atoms with Gasteiger partial charge in [-0.05, 0) is 19.0 Å². The summed E-state index contributed by atoms with van der Waals surface area (Å²) in [4.78, 5) is 2.48. The van der Waals surface area contributed by atoms with E-state index in [0.717, 1.165) is 39.3 Å². The third kappa shape index (κ3) is 4.58. The zero-order valence-corrected chi connectivity index (χ0v) is 11.7. The maximum absolute atomic E-state index is 11.9. The second-order valence-electron chi connectivity index (χ2n) is 4.43. The quantitative estimate of drug-likeness (QED) is 0.772. The number of nitrogens with one attached hydrogen (secondary N) is 1. The number of benzene rings is 1. The van der Waals surface area contributed by atoms with Gasteiger partial charge in [0.15, 0.2) is 0 Å². The Bertz CT molecular complexity index is 470. The first-order chi connectivity index (χ1) is 9.18. The van der Waals surface area contributed by atoms with Crippen molar-refractivity contribution in [3.8, 4) is 0 Å². The van der Waals surface area contributed by atoms with Crippen molar-refractivity contribution in [3.63, 3.8) is 0 Å². The molecule has 0 aromatic heterocycles. The van der Waals surface area contributed by atoms with Crippen LogP contribution in [0.3, 0.4) is 0 Å². The summed E-state index contributed by atoms with van der Waals surface area (Å²) in [5.74, 6) is 0. The number of hydrogen-bond acceptors (Lipinski definition) is 4. The van der Waals surface area contributed by atoms with E-state index >= 15 is 0 Å². The molecule has 0 amide bonds. The van der Waals surface area contributed by atoms with Crippen molar-refractivity contribution in [2.24, 2.45) is 0 Å². The summed E-state index contributed by atoms with van der Waals surface area (Å²) in [5.41, 5.74) is 0. The van der Waals surface area contributed by atoms with E-state index in [0.29, 0.717) is 6.54 Å². The molecule has 1 heterocycles. The summed E-state index contributed by atoms with van der Waals surface area (Å²) in [6.07, 6.45) is 0.798. The molecule has 2 rings (SSSR count). The van der Waals surface area contributed by atoms with Crippen LogP contribution in [0.25, 0.3) is 0 Å². The summed E-state index contributed by atoms with van der Waals surface area (Å²) in [5, 5.41) is 0. The van der Waals surface area contributed by atoms with E-state index < -0.39 is 10.0 Å². The summed E-state index contributed by atoms with van der Waals surface area (Å²) in [6, 6.07) is 9.31. The Morgan fingerprint density at radius 3 is 2.79 bits per heavy atom. The molecular weight excluding hydrogens is 264 g/mol. The predicted molar refractivity (Wildman–Crippen MR) is 72.3 cm³/mol. The molecule has 1 saturated heterocycles. The molecule has 6 heteroatoms. The Kier molecular flexibility index (Phi) is 5.33. The lowest BCUT2D eigenvalue weighted by Gasteiger charge is -2.26. The minimum atomic E-state index is -3.41. The second kappa shape index (κ2) is 7.00. The van der Waals surface area contributed by atoms with Gasteiger partial charge in [0.1, 0.15) is 0 Å². The summed E-state index contributed by atoms with van der Waals surface area (Å²) in [6.45, 7) is 4.74. The Balaban J connectivity index is 1.73. The molecule has 1 N–H and O–H groups in total. The number of nitrogens with zero attached hydrogens (tertiary/aromatic N) is 1. The van der Waals surface area contributed by atoms with Crippen molar-refractivity contribution in [3.05, 3.63) is 30.3 Å². The average molecular weight is 283 g/mol. The molecule has 5 nitrogen and oxygen atoms in total. The first kappa shape index (κ1) is 14.5. The SMILES string of the molecule is O=S(=O)(NCCCN1CCOCC1)c1[c]cccc1. The molecule has 0 unspecified atom stereocenters. The molecule has 19 heavy (non-hydrogen) atoms. The number of ether oxygens (including phenoxy) is 1.